The van der Waals surface area contributed by atoms with Gasteiger partial charge in [0.1, 0.15) is 9.73 Å². The van der Waals surface area contributed by atoms with Crippen LogP contribution in [0.15, 0.2) is 85.2 Å². The Balaban J connectivity index is 2.88. The van der Waals surface area contributed by atoms with Crippen molar-refractivity contribution < 1.29 is 12.6 Å². The van der Waals surface area contributed by atoms with Crippen molar-refractivity contribution in [1.82, 2.24) is 0 Å². The molecule has 168 valence electrons. The van der Waals surface area contributed by atoms with Gasteiger partial charge in [-0.05, 0) is 63.8 Å². The zero-order valence-electron chi connectivity index (χ0n) is 18.9. The molecule has 1 atom stereocenters. The predicted molar refractivity (Wildman–Crippen MR) is 130 cm³/mol. The normalized spacial score (nSPS) is 14.5. The van der Waals surface area contributed by atoms with Crippen molar-refractivity contribution in [1.29, 1.82) is 0 Å². The summed E-state index contributed by atoms with van der Waals surface area (Å²) in [6, 6.07) is 13.6. The van der Waals surface area contributed by atoms with Crippen LogP contribution >= 0.6 is 0 Å². The Bertz CT molecular complexity index is 1150. The number of hydrogen-bond acceptors (Lipinski definition) is 3. The molecule has 1 unspecified atom stereocenters. The highest BCUT2D eigenvalue weighted by atomic mass is 32.3. The predicted octanol–water partition coefficient (Wildman–Crippen LogP) is 6.95. The summed E-state index contributed by atoms with van der Waals surface area (Å²) in [6.07, 6.45) is 5.39. The van der Waals surface area contributed by atoms with Crippen LogP contribution in [0.4, 0.5) is 0 Å². The highest BCUT2D eigenvalue weighted by Gasteiger charge is 2.26. The van der Waals surface area contributed by atoms with Crippen molar-refractivity contribution >= 4 is 19.8 Å². The minimum absolute atomic E-state index is 0.0440. The summed E-state index contributed by atoms with van der Waals surface area (Å²) in [5.74, 6) is 0. The van der Waals surface area contributed by atoms with Gasteiger partial charge in [0.15, 0.2) is 0 Å². The van der Waals surface area contributed by atoms with Gasteiger partial charge in [-0.15, -0.1) is 6.58 Å². The van der Waals surface area contributed by atoms with Gasteiger partial charge in [-0.25, -0.2) is 4.21 Å². The first kappa shape index (κ1) is 25.1. The number of allylic oxidation sites excluding steroid dienone is 3. The van der Waals surface area contributed by atoms with Crippen LogP contribution in [0, 0.1) is 13.8 Å². The summed E-state index contributed by atoms with van der Waals surface area (Å²) in [4.78, 5) is 1.02. The molecule has 0 aliphatic heterocycles. The quantitative estimate of drug-likeness (QED) is 0.361. The van der Waals surface area contributed by atoms with Crippen LogP contribution in [0.3, 0.4) is 0 Å². The molecule has 6 heteroatoms. The molecule has 0 saturated carbocycles. The number of aryl methyl sites for hydroxylation is 2. The van der Waals surface area contributed by atoms with E-state index in [1.165, 1.54) is 12.1 Å². The van der Waals surface area contributed by atoms with Crippen molar-refractivity contribution in [3.05, 3.63) is 82.8 Å². The molecule has 0 bridgehead atoms. The van der Waals surface area contributed by atoms with Crippen LogP contribution in [0.2, 0.25) is 0 Å². The third kappa shape index (κ3) is 6.17. The molecule has 0 aliphatic rings. The van der Waals surface area contributed by atoms with E-state index < -0.39 is 19.8 Å². The van der Waals surface area contributed by atoms with Crippen LogP contribution in [0.1, 0.15) is 57.1 Å². The Morgan fingerprint density at radius 3 is 1.87 bits per heavy atom. The van der Waals surface area contributed by atoms with Crippen molar-refractivity contribution in [2.45, 2.75) is 69.6 Å². The fourth-order valence-corrected chi connectivity index (χ4v) is 7.74. The van der Waals surface area contributed by atoms with Crippen LogP contribution in [-0.2, 0) is 19.8 Å². The zero-order chi connectivity index (χ0) is 23.1. The lowest BCUT2D eigenvalue weighted by molar-refractivity contribution is 0.598. The number of sulfonamides is 1. The fraction of sp³-hybridized carbons (Fsp3) is 0.360. The van der Waals surface area contributed by atoms with E-state index in [1.807, 2.05) is 32.9 Å². The molecule has 0 amide bonds. The van der Waals surface area contributed by atoms with E-state index in [2.05, 4.69) is 17.3 Å². The molecule has 2 aromatic carbocycles. The fourth-order valence-electron chi connectivity index (χ4n) is 3.33. The molecule has 0 spiro atoms. The van der Waals surface area contributed by atoms with E-state index in [1.54, 1.807) is 30.3 Å². The first-order valence-corrected chi connectivity index (χ1v) is 13.6. The Labute approximate surface area is 188 Å². The number of rotatable bonds is 10. The highest BCUT2D eigenvalue weighted by Crippen LogP contribution is 2.33. The largest absolute Gasteiger partial charge is 0.290 e. The Kier molecular flexibility index (Phi) is 8.83. The van der Waals surface area contributed by atoms with Gasteiger partial charge in [-0.3, -0.25) is 0 Å². The molecule has 2 rings (SSSR count). The van der Waals surface area contributed by atoms with E-state index in [4.69, 9.17) is 0 Å². The third-order valence-corrected chi connectivity index (χ3v) is 9.71. The summed E-state index contributed by atoms with van der Waals surface area (Å²) in [5, 5.41) is 0. The molecule has 4 nitrogen and oxygen atoms in total. The minimum atomic E-state index is -4.14. The first-order valence-electron chi connectivity index (χ1n) is 10.7. The molecule has 0 aromatic heterocycles. The molecule has 0 heterocycles. The monoisotopic (exact) mass is 459 g/mol. The Hall–Kier alpha value is -2.18. The molecular formula is C25H33NO3S2. The zero-order valence-corrected chi connectivity index (χ0v) is 20.6. The topological polar surface area (TPSA) is 63.6 Å². The van der Waals surface area contributed by atoms with Crippen molar-refractivity contribution in [2.24, 2.45) is 3.77 Å². The smallest absolute Gasteiger partial charge is 0.239 e. The van der Waals surface area contributed by atoms with Gasteiger partial charge < -0.3 is 0 Å². The van der Waals surface area contributed by atoms with E-state index in [0.29, 0.717) is 22.6 Å². The summed E-state index contributed by atoms with van der Waals surface area (Å²) in [7, 11) is -7.54. The van der Waals surface area contributed by atoms with Crippen molar-refractivity contribution in [3.8, 4) is 0 Å². The summed E-state index contributed by atoms with van der Waals surface area (Å²) < 4.78 is 45.2. The van der Waals surface area contributed by atoms with E-state index in [0.717, 1.165) is 36.0 Å². The van der Waals surface area contributed by atoms with Crippen LogP contribution in [0.25, 0.3) is 0 Å². The molecule has 0 radical (unpaired) electrons. The number of unbranched alkanes of at least 4 members (excludes halogenated alkanes) is 1. The van der Waals surface area contributed by atoms with Gasteiger partial charge in [0, 0.05) is 4.91 Å². The summed E-state index contributed by atoms with van der Waals surface area (Å²) >= 11 is 0. The van der Waals surface area contributed by atoms with E-state index in [-0.39, 0.29) is 4.90 Å². The second kappa shape index (κ2) is 10.9. The Morgan fingerprint density at radius 2 is 1.42 bits per heavy atom. The van der Waals surface area contributed by atoms with Crippen LogP contribution in [-0.4, -0.2) is 12.6 Å². The molecular weight excluding hydrogens is 426 g/mol. The van der Waals surface area contributed by atoms with Gasteiger partial charge in [0.2, 0.25) is 0 Å². The van der Waals surface area contributed by atoms with Crippen molar-refractivity contribution in [3.63, 3.8) is 0 Å². The highest BCUT2D eigenvalue weighted by molar-refractivity contribution is 8.05. The molecule has 2 aromatic rings. The molecule has 0 saturated heterocycles. The molecule has 31 heavy (non-hydrogen) atoms. The lowest BCUT2D eigenvalue weighted by atomic mass is 10.1. The molecule has 0 N–H and O–H groups in total. The van der Waals surface area contributed by atoms with Crippen LogP contribution in [0.5, 0.6) is 0 Å². The minimum Gasteiger partial charge on any atom is -0.239 e. The second-order valence-corrected chi connectivity index (χ2v) is 11.7. The number of benzene rings is 2. The molecule has 0 aliphatic carbocycles. The van der Waals surface area contributed by atoms with Gasteiger partial charge >= 0.3 is 0 Å². The maximum Gasteiger partial charge on any atom is 0.290 e. The Morgan fingerprint density at radius 1 is 0.903 bits per heavy atom. The maximum absolute atomic E-state index is 14.6. The second-order valence-electron chi connectivity index (χ2n) is 7.68. The summed E-state index contributed by atoms with van der Waals surface area (Å²) in [5.41, 5.74) is 2.94. The lowest BCUT2D eigenvalue weighted by Gasteiger charge is -2.18. The summed E-state index contributed by atoms with van der Waals surface area (Å²) in [6.45, 7) is 11.8. The van der Waals surface area contributed by atoms with Gasteiger partial charge in [-0.2, -0.15) is 8.42 Å². The molecule has 0 fully saturated rings. The van der Waals surface area contributed by atoms with E-state index in [9.17, 15) is 12.6 Å². The maximum atomic E-state index is 14.6. The van der Waals surface area contributed by atoms with Gasteiger partial charge in [0.05, 0.1) is 9.79 Å². The van der Waals surface area contributed by atoms with Crippen molar-refractivity contribution in [2.75, 3.05) is 0 Å². The number of nitrogens with zero attached hydrogens (tertiary/aromatic N) is 1. The standard InChI is InChI=1S/C25H33NO3S2/c1-6-9-11-22(8-3)25(10-7-2)30(27,23-16-12-20(4)13-17-23)26-31(28,29)24-18-14-21(5)15-19-24/h7,12-19H,2,6,8-11H2,1,3-5H3/b25-22-. The van der Waals surface area contributed by atoms with E-state index >= 15 is 0 Å². The van der Waals surface area contributed by atoms with Gasteiger partial charge in [0.25, 0.3) is 10.0 Å². The average Bonchev–Trinajstić information content (AvgIpc) is 2.73. The number of hydrogen-bond donors (Lipinski definition) is 0. The average molecular weight is 460 g/mol. The third-order valence-electron chi connectivity index (χ3n) is 5.18. The lowest BCUT2D eigenvalue weighted by Crippen LogP contribution is -2.12. The van der Waals surface area contributed by atoms with Crippen LogP contribution < -0.4 is 0 Å². The first-order chi connectivity index (χ1) is 14.7. The SMILES string of the molecule is C=CC/C(=C(\CC)CCCC)S(=O)(=NS(=O)(=O)c1ccc(C)cc1)c1ccc(C)cc1. The van der Waals surface area contributed by atoms with Gasteiger partial charge in [-0.1, -0.05) is 71.1 Å².